The van der Waals surface area contributed by atoms with E-state index in [2.05, 4.69) is 21.2 Å². The summed E-state index contributed by atoms with van der Waals surface area (Å²) in [5, 5.41) is 23.6. The van der Waals surface area contributed by atoms with E-state index in [1.165, 1.54) is 6.07 Å². The second kappa shape index (κ2) is 7.15. The van der Waals surface area contributed by atoms with Crippen molar-refractivity contribution >= 4 is 21.6 Å². The minimum Gasteiger partial charge on any atom is -0.396 e. The number of aliphatic hydroxyl groups is 1. The molecule has 0 heterocycles. The van der Waals surface area contributed by atoms with E-state index in [1.807, 2.05) is 6.07 Å². The predicted molar refractivity (Wildman–Crippen MR) is 80.4 cm³/mol. The van der Waals surface area contributed by atoms with E-state index in [9.17, 15) is 15.2 Å². The van der Waals surface area contributed by atoms with E-state index in [-0.39, 0.29) is 17.2 Å². The highest BCUT2D eigenvalue weighted by Gasteiger charge is 2.26. The molecule has 0 spiro atoms. The van der Waals surface area contributed by atoms with Crippen LogP contribution in [0.3, 0.4) is 0 Å². The zero-order chi connectivity index (χ0) is 14.5. The van der Waals surface area contributed by atoms with Crippen LogP contribution in [0.1, 0.15) is 24.8 Å². The van der Waals surface area contributed by atoms with Gasteiger partial charge in [-0.3, -0.25) is 10.1 Å². The zero-order valence-corrected chi connectivity index (χ0v) is 12.8. The van der Waals surface area contributed by atoms with Crippen molar-refractivity contribution in [3.63, 3.8) is 0 Å². The molecule has 1 aliphatic carbocycles. The number of benzene rings is 1. The number of nitro benzene ring substituents is 1. The van der Waals surface area contributed by atoms with Crippen LogP contribution in [0.4, 0.5) is 5.69 Å². The molecule has 2 N–H and O–H groups in total. The van der Waals surface area contributed by atoms with Gasteiger partial charge < -0.3 is 10.4 Å². The van der Waals surface area contributed by atoms with Gasteiger partial charge in [0.1, 0.15) is 0 Å². The lowest BCUT2D eigenvalue weighted by molar-refractivity contribution is -0.385. The highest BCUT2D eigenvalue weighted by Crippen LogP contribution is 2.31. The molecule has 1 aromatic carbocycles. The molecule has 0 aliphatic heterocycles. The SMILES string of the molecule is O=[N+]([O-])c1cc(Br)ccc1CNCC1CCCC1CO. The molecule has 2 unspecified atom stereocenters. The number of hydrogen-bond donors (Lipinski definition) is 2. The number of nitrogens with one attached hydrogen (secondary N) is 1. The summed E-state index contributed by atoms with van der Waals surface area (Å²) in [6.45, 7) is 1.53. The Kier molecular flexibility index (Phi) is 5.51. The lowest BCUT2D eigenvalue weighted by Crippen LogP contribution is -2.26. The molecule has 20 heavy (non-hydrogen) atoms. The van der Waals surface area contributed by atoms with Crippen LogP contribution in [0, 0.1) is 22.0 Å². The van der Waals surface area contributed by atoms with Crippen LogP contribution in [0.5, 0.6) is 0 Å². The number of nitrogens with zero attached hydrogens (tertiary/aromatic N) is 1. The van der Waals surface area contributed by atoms with Gasteiger partial charge in [-0.1, -0.05) is 22.4 Å². The molecule has 0 aromatic heterocycles. The minimum absolute atomic E-state index is 0.136. The first-order valence-electron chi connectivity index (χ1n) is 6.86. The summed E-state index contributed by atoms with van der Waals surface area (Å²) < 4.78 is 0.712. The molecular formula is C14H19BrN2O3. The summed E-state index contributed by atoms with van der Waals surface area (Å²) in [4.78, 5) is 10.7. The smallest absolute Gasteiger partial charge is 0.275 e. The topological polar surface area (TPSA) is 75.4 Å². The number of nitro groups is 1. The first-order chi connectivity index (χ1) is 9.61. The van der Waals surface area contributed by atoms with Crippen molar-refractivity contribution in [2.75, 3.05) is 13.2 Å². The van der Waals surface area contributed by atoms with Gasteiger partial charge in [0.05, 0.1) is 4.92 Å². The van der Waals surface area contributed by atoms with Gasteiger partial charge in [0.15, 0.2) is 0 Å². The molecule has 1 fully saturated rings. The fraction of sp³-hybridized carbons (Fsp3) is 0.571. The molecule has 5 nitrogen and oxygen atoms in total. The summed E-state index contributed by atoms with van der Waals surface area (Å²) in [5.74, 6) is 0.858. The fourth-order valence-electron chi connectivity index (χ4n) is 2.87. The Morgan fingerprint density at radius 1 is 1.40 bits per heavy atom. The number of halogens is 1. The number of aliphatic hydroxyl groups excluding tert-OH is 1. The Labute approximate surface area is 126 Å². The Morgan fingerprint density at radius 2 is 2.15 bits per heavy atom. The van der Waals surface area contributed by atoms with Crippen LogP contribution in [0.15, 0.2) is 22.7 Å². The average Bonchev–Trinajstić information content (AvgIpc) is 2.87. The van der Waals surface area contributed by atoms with Crippen LogP contribution in [0.25, 0.3) is 0 Å². The second-order valence-corrected chi connectivity index (χ2v) is 6.21. The van der Waals surface area contributed by atoms with Gasteiger partial charge in [-0.15, -0.1) is 0 Å². The van der Waals surface area contributed by atoms with Gasteiger partial charge in [-0.2, -0.15) is 0 Å². The molecule has 0 bridgehead atoms. The van der Waals surface area contributed by atoms with Gasteiger partial charge in [0.2, 0.25) is 0 Å². The Bertz CT molecular complexity index is 481. The van der Waals surface area contributed by atoms with E-state index >= 15 is 0 Å². The molecule has 1 aromatic rings. The zero-order valence-electron chi connectivity index (χ0n) is 11.2. The van der Waals surface area contributed by atoms with Crippen molar-refractivity contribution in [1.29, 1.82) is 0 Å². The van der Waals surface area contributed by atoms with Crippen molar-refractivity contribution in [3.05, 3.63) is 38.3 Å². The van der Waals surface area contributed by atoms with E-state index in [0.29, 0.717) is 28.4 Å². The summed E-state index contributed by atoms with van der Waals surface area (Å²) in [6.07, 6.45) is 3.37. The van der Waals surface area contributed by atoms with Crippen LogP contribution in [0.2, 0.25) is 0 Å². The Balaban J connectivity index is 1.92. The maximum absolute atomic E-state index is 11.0. The van der Waals surface area contributed by atoms with Crippen molar-refractivity contribution in [2.45, 2.75) is 25.8 Å². The minimum atomic E-state index is -0.353. The third-order valence-corrected chi connectivity index (χ3v) is 4.51. The fourth-order valence-corrected chi connectivity index (χ4v) is 3.22. The number of rotatable bonds is 6. The molecule has 0 saturated heterocycles. The normalized spacial score (nSPS) is 22.1. The molecule has 2 atom stereocenters. The van der Waals surface area contributed by atoms with Crippen LogP contribution in [-0.4, -0.2) is 23.2 Å². The van der Waals surface area contributed by atoms with Crippen LogP contribution >= 0.6 is 15.9 Å². The second-order valence-electron chi connectivity index (χ2n) is 5.29. The van der Waals surface area contributed by atoms with Crippen molar-refractivity contribution in [1.82, 2.24) is 5.32 Å². The Hall–Kier alpha value is -0.980. The molecule has 0 amide bonds. The Morgan fingerprint density at radius 3 is 2.85 bits per heavy atom. The largest absolute Gasteiger partial charge is 0.396 e. The molecule has 2 rings (SSSR count). The lowest BCUT2D eigenvalue weighted by Gasteiger charge is -2.17. The van der Waals surface area contributed by atoms with E-state index in [0.717, 1.165) is 25.8 Å². The lowest BCUT2D eigenvalue weighted by atomic mass is 9.97. The van der Waals surface area contributed by atoms with Crippen LogP contribution in [-0.2, 0) is 6.54 Å². The van der Waals surface area contributed by atoms with Crippen molar-refractivity contribution in [2.24, 2.45) is 11.8 Å². The van der Waals surface area contributed by atoms with E-state index in [1.54, 1.807) is 6.07 Å². The standard InChI is InChI=1S/C14H19BrN2O3/c15-13-5-4-11(14(6-13)17(19)20)8-16-7-10-2-1-3-12(10)9-18/h4-6,10,12,16,18H,1-3,7-9H2. The molecular weight excluding hydrogens is 324 g/mol. The predicted octanol–water partition coefficient (Wildman–Crippen LogP) is 2.86. The first-order valence-corrected chi connectivity index (χ1v) is 7.65. The van der Waals surface area contributed by atoms with Gasteiger partial charge in [-0.05, 0) is 43.4 Å². The molecule has 6 heteroatoms. The quantitative estimate of drug-likeness (QED) is 0.615. The van der Waals surface area contributed by atoms with Gasteiger partial charge >= 0.3 is 0 Å². The number of hydrogen-bond acceptors (Lipinski definition) is 4. The maximum atomic E-state index is 11.0. The van der Waals surface area contributed by atoms with Crippen molar-refractivity contribution < 1.29 is 10.0 Å². The van der Waals surface area contributed by atoms with Gasteiger partial charge in [-0.25, -0.2) is 0 Å². The van der Waals surface area contributed by atoms with Gasteiger partial charge in [0, 0.05) is 29.3 Å². The summed E-state index contributed by atoms with van der Waals surface area (Å²) >= 11 is 3.25. The van der Waals surface area contributed by atoms with E-state index < -0.39 is 0 Å². The maximum Gasteiger partial charge on any atom is 0.275 e. The monoisotopic (exact) mass is 342 g/mol. The first kappa shape index (κ1) is 15.4. The molecule has 1 saturated carbocycles. The highest BCUT2D eigenvalue weighted by molar-refractivity contribution is 9.10. The molecule has 110 valence electrons. The van der Waals surface area contributed by atoms with Gasteiger partial charge in [0.25, 0.3) is 5.69 Å². The highest BCUT2D eigenvalue weighted by atomic mass is 79.9. The summed E-state index contributed by atoms with van der Waals surface area (Å²) in [7, 11) is 0. The molecule has 0 radical (unpaired) electrons. The van der Waals surface area contributed by atoms with Crippen molar-refractivity contribution in [3.8, 4) is 0 Å². The average molecular weight is 343 g/mol. The van der Waals surface area contributed by atoms with Crippen LogP contribution < -0.4 is 5.32 Å². The third kappa shape index (κ3) is 3.77. The molecule has 1 aliphatic rings. The summed E-state index contributed by atoms with van der Waals surface area (Å²) in [6, 6.07) is 5.12. The third-order valence-electron chi connectivity index (χ3n) is 4.02. The summed E-state index contributed by atoms with van der Waals surface area (Å²) in [5.41, 5.74) is 0.828. The van der Waals surface area contributed by atoms with E-state index in [4.69, 9.17) is 0 Å².